The minimum Gasteiger partial charge on any atom is -0.345 e. The molecule has 0 saturated heterocycles. The lowest BCUT2D eigenvalue weighted by atomic mass is 10.3. The molecular formula is C8H6N4O2S. The molecule has 0 aliphatic rings. The molecule has 0 unspecified atom stereocenters. The molecule has 0 bridgehead atoms. The highest BCUT2D eigenvalue weighted by Gasteiger charge is 2.04. The fourth-order valence-corrected chi connectivity index (χ4v) is 1.47. The Morgan fingerprint density at radius 1 is 1.33 bits per heavy atom. The third-order valence-electron chi connectivity index (χ3n) is 1.71. The number of nitro groups is 1. The zero-order valence-electron chi connectivity index (χ0n) is 7.45. The van der Waals surface area contributed by atoms with Crippen molar-refractivity contribution in [1.82, 2.24) is 9.59 Å². The van der Waals surface area contributed by atoms with Gasteiger partial charge in [-0.25, -0.2) is 0 Å². The van der Waals surface area contributed by atoms with E-state index in [1.54, 1.807) is 18.3 Å². The number of hydrogen-bond donors (Lipinski definition) is 1. The maximum absolute atomic E-state index is 10.4. The van der Waals surface area contributed by atoms with Crippen LogP contribution in [0.4, 0.5) is 16.4 Å². The summed E-state index contributed by atoms with van der Waals surface area (Å²) in [5, 5.41) is 17.9. The molecule has 7 heteroatoms. The lowest BCUT2D eigenvalue weighted by Gasteiger charge is -2.00. The van der Waals surface area contributed by atoms with Crippen LogP contribution in [0.1, 0.15) is 0 Å². The minimum absolute atomic E-state index is 0.0722. The van der Waals surface area contributed by atoms with E-state index >= 15 is 0 Å². The zero-order valence-corrected chi connectivity index (χ0v) is 8.27. The van der Waals surface area contributed by atoms with Gasteiger partial charge in [0.25, 0.3) is 5.69 Å². The third-order valence-corrected chi connectivity index (χ3v) is 2.29. The number of hydrogen-bond acceptors (Lipinski definition) is 6. The number of non-ortho nitro benzene ring substituents is 1. The molecule has 0 saturated carbocycles. The average Bonchev–Trinajstić information content (AvgIpc) is 2.71. The van der Waals surface area contributed by atoms with Crippen molar-refractivity contribution in [3.8, 4) is 0 Å². The van der Waals surface area contributed by atoms with Crippen LogP contribution in [0, 0.1) is 10.1 Å². The largest absolute Gasteiger partial charge is 0.345 e. The van der Waals surface area contributed by atoms with E-state index in [1.165, 1.54) is 23.7 Å². The predicted octanol–water partition coefficient (Wildman–Crippen LogP) is 2.19. The van der Waals surface area contributed by atoms with Crippen LogP contribution < -0.4 is 5.32 Å². The van der Waals surface area contributed by atoms with Gasteiger partial charge in [-0.05, 0) is 12.1 Å². The molecule has 76 valence electrons. The van der Waals surface area contributed by atoms with Crippen LogP contribution in [0.2, 0.25) is 0 Å². The number of nitro benzene ring substituents is 1. The summed E-state index contributed by atoms with van der Waals surface area (Å²) < 4.78 is 3.69. The Morgan fingerprint density at radius 3 is 2.60 bits per heavy atom. The van der Waals surface area contributed by atoms with Gasteiger partial charge >= 0.3 is 0 Å². The lowest BCUT2D eigenvalue weighted by molar-refractivity contribution is -0.384. The summed E-state index contributed by atoms with van der Waals surface area (Å²) in [5.41, 5.74) is 0.842. The molecule has 1 aromatic carbocycles. The van der Waals surface area contributed by atoms with Crippen LogP contribution in [-0.4, -0.2) is 14.5 Å². The lowest BCUT2D eigenvalue weighted by Crippen LogP contribution is -1.89. The summed E-state index contributed by atoms with van der Waals surface area (Å²) in [6, 6.07) is 6.16. The molecule has 0 radical (unpaired) electrons. The van der Waals surface area contributed by atoms with Gasteiger partial charge in [-0.1, -0.05) is 4.49 Å². The second kappa shape index (κ2) is 4.01. The van der Waals surface area contributed by atoms with Gasteiger partial charge in [-0.15, -0.1) is 5.10 Å². The Bertz CT molecular complexity index is 454. The van der Waals surface area contributed by atoms with Crippen molar-refractivity contribution >= 4 is 27.9 Å². The highest BCUT2D eigenvalue weighted by molar-refractivity contribution is 7.09. The molecule has 1 aromatic heterocycles. The van der Waals surface area contributed by atoms with Crippen molar-refractivity contribution < 1.29 is 4.92 Å². The smallest absolute Gasteiger partial charge is 0.269 e. The first-order chi connectivity index (χ1) is 7.25. The first-order valence-corrected chi connectivity index (χ1v) is 4.82. The van der Waals surface area contributed by atoms with E-state index in [1.807, 2.05) is 0 Å². The molecule has 0 atom stereocenters. The maximum atomic E-state index is 10.4. The van der Waals surface area contributed by atoms with Crippen LogP contribution in [0.15, 0.2) is 30.5 Å². The molecule has 0 amide bonds. The molecule has 2 aromatic rings. The van der Waals surface area contributed by atoms with Gasteiger partial charge in [-0.2, -0.15) is 0 Å². The van der Waals surface area contributed by atoms with Gasteiger partial charge in [0, 0.05) is 29.4 Å². The predicted molar refractivity (Wildman–Crippen MR) is 56.3 cm³/mol. The van der Waals surface area contributed by atoms with Crippen LogP contribution >= 0.6 is 11.5 Å². The van der Waals surface area contributed by atoms with Crippen molar-refractivity contribution in [2.75, 3.05) is 5.32 Å². The Kier molecular flexibility index (Phi) is 2.55. The highest BCUT2D eigenvalue weighted by atomic mass is 32.1. The molecule has 0 fully saturated rings. The normalized spacial score (nSPS) is 9.87. The fraction of sp³-hybridized carbons (Fsp3) is 0. The molecule has 0 aliphatic heterocycles. The minimum atomic E-state index is -0.433. The van der Waals surface area contributed by atoms with E-state index < -0.39 is 4.92 Å². The van der Waals surface area contributed by atoms with Crippen LogP contribution in [0.5, 0.6) is 0 Å². The van der Waals surface area contributed by atoms with E-state index in [9.17, 15) is 10.1 Å². The first kappa shape index (κ1) is 9.53. The van der Waals surface area contributed by atoms with E-state index in [2.05, 4.69) is 14.9 Å². The molecule has 0 spiro atoms. The summed E-state index contributed by atoms with van der Waals surface area (Å²) in [6.07, 6.45) is 1.59. The van der Waals surface area contributed by atoms with Crippen LogP contribution in [0.3, 0.4) is 0 Å². The number of benzene rings is 1. The standard InChI is InChI=1S/C8H6N4O2S/c13-12(14)7-3-1-6(2-4-7)10-8-5-9-11-15-8/h1-5,10H. The third kappa shape index (κ3) is 2.26. The first-order valence-electron chi connectivity index (χ1n) is 4.04. The Hall–Kier alpha value is -2.02. The molecule has 0 aliphatic carbocycles. The molecule has 6 nitrogen and oxygen atoms in total. The Balaban J connectivity index is 2.14. The summed E-state index contributed by atoms with van der Waals surface area (Å²) in [6.45, 7) is 0. The number of aromatic nitrogens is 2. The van der Waals surface area contributed by atoms with Gasteiger partial charge in [-0.3, -0.25) is 10.1 Å². The van der Waals surface area contributed by atoms with Crippen LogP contribution in [-0.2, 0) is 0 Å². The quantitative estimate of drug-likeness (QED) is 0.635. The van der Waals surface area contributed by atoms with E-state index in [0.29, 0.717) is 0 Å². The van der Waals surface area contributed by atoms with Crippen molar-refractivity contribution in [2.45, 2.75) is 0 Å². The summed E-state index contributed by atoms with van der Waals surface area (Å²) >= 11 is 1.22. The van der Waals surface area contributed by atoms with Crippen LogP contribution in [0.25, 0.3) is 0 Å². The van der Waals surface area contributed by atoms with Gasteiger partial charge in [0.05, 0.1) is 11.1 Å². The summed E-state index contributed by atoms with van der Waals surface area (Å²) in [4.78, 5) is 9.96. The average molecular weight is 222 g/mol. The molecule has 1 heterocycles. The summed E-state index contributed by atoms with van der Waals surface area (Å²) in [7, 11) is 0. The Morgan fingerprint density at radius 2 is 2.07 bits per heavy atom. The number of anilines is 2. The topological polar surface area (TPSA) is 81.0 Å². The molecule has 2 rings (SSSR count). The number of nitrogens with zero attached hydrogens (tertiary/aromatic N) is 3. The Labute approximate surface area is 88.9 Å². The summed E-state index contributed by atoms with van der Waals surface area (Å²) in [5.74, 6) is 0. The molecular weight excluding hydrogens is 216 g/mol. The van der Waals surface area contributed by atoms with Gasteiger partial charge in [0.2, 0.25) is 0 Å². The monoisotopic (exact) mass is 222 g/mol. The highest BCUT2D eigenvalue weighted by Crippen LogP contribution is 2.20. The maximum Gasteiger partial charge on any atom is 0.269 e. The number of nitrogens with one attached hydrogen (secondary N) is 1. The van der Waals surface area contributed by atoms with Crippen molar-refractivity contribution in [3.05, 3.63) is 40.6 Å². The van der Waals surface area contributed by atoms with Crippen molar-refractivity contribution in [3.63, 3.8) is 0 Å². The van der Waals surface area contributed by atoms with Gasteiger partial charge in [0.15, 0.2) is 0 Å². The van der Waals surface area contributed by atoms with E-state index in [-0.39, 0.29) is 5.69 Å². The zero-order chi connectivity index (χ0) is 10.7. The van der Waals surface area contributed by atoms with Crippen molar-refractivity contribution in [1.29, 1.82) is 0 Å². The van der Waals surface area contributed by atoms with Gasteiger partial charge in [0.1, 0.15) is 5.00 Å². The SMILES string of the molecule is O=[N+]([O-])c1ccc(Nc2cnns2)cc1. The van der Waals surface area contributed by atoms with E-state index in [0.717, 1.165) is 10.7 Å². The van der Waals surface area contributed by atoms with E-state index in [4.69, 9.17) is 0 Å². The second-order valence-electron chi connectivity index (χ2n) is 2.71. The second-order valence-corrected chi connectivity index (χ2v) is 3.50. The number of rotatable bonds is 3. The fourth-order valence-electron chi connectivity index (χ4n) is 1.03. The molecule has 15 heavy (non-hydrogen) atoms. The van der Waals surface area contributed by atoms with Crippen molar-refractivity contribution in [2.24, 2.45) is 0 Å². The molecule has 1 N–H and O–H groups in total. The van der Waals surface area contributed by atoms with Gasteiger partial charge < -0.3 is 5.32 Å².